The maximum absolute atomic E-state index is 12.5. The average Bonchev–Trinajstić information content (AvgIpc) is 2.49. The fourth-order valence-electron chi connectivity index (χ4n) is 2.43. The predicted octanol–water partition coefficient (Wildman–Crippen LogP) is 2.19. The Hall–Kier alpha value is -1.68. The molecule has 0 saturated heterocycles. The Morgan fingerprint density at radius 2 is 1.75 bits per heavy atom. The highest BCUT2D eigenvalue weighted by Gasteiger charge is 2.17. The molecule has 4 nitrogen and oxygen atoms in total. The van der Waals surface area contributed by atoms with Gasteiger partial charge >= 0.3 is 0 Å². The lowest BCUT2D eigenvalue weighted by Gasteiger charge is -2.32. The quantitative estimate of drug-likeness (QED) is 0.783. The van der Waals surface area contributed by atoms with Crippen LogP contribution in [0.4, 0.5) is 0 Å². The topological polar surface area (TPSA) is 34.9 Å². The summed E-state index contributed by atoms with van der Waals surface area (Å²) in [4.78, 5) is 12.5. The van der Waals surface area contributed by atoms with Gasteiger partial charge in [0.25, 0.3) is 5.56 Å². The largest absolute Gasteiger partial charge is 0.325 e. The van der Waals surface area contributed by atoms with Gasteiger partial charge in [-0.2, -0.15) is 5.10 Å². The molecule has 1 heterocycles. The number of likely N-dealkylation sites (N-methyl/N-ethyl adjacent to an activating group) is 1. The molecule has 1 aromatic carbocycles. The monoisotopic (exact) mass is 274 g/mol. The number of aryl methyl sites for hydroxylation is 1. The molecule has 20 heavy (non-hydrogen) atoms. The van der Waals surface area contributed by atoms with Gasteiger partial charge in [0.1, 0.15) is 0 Å². The van der Waals surface area contributed by atoms with Crippen molar-refractivity contribution < 1.29 is 4.48 Å². The fraction of sp³-hybridized carbons (Fsp3) is 0.500. The summed E-state index contributed by atoms with van der Waals surface area (Å²) < 4.78 is 2.58. The smallest absolute Gasteiger partial charge is 0.274 e. The molecule has 0 bridgehead atoms. The number of hydrogen-bond donors (Lipinski definition) is 0. The highest BCUT2D eigenvalue weighted by atomic mass is 16.1. The minimum Gasteiger partial charge on any atom is -0.325 e. The van der Waals surface area contributed by atoms with Crippen LogP contribution in [0.3, 0.4) is 0 Å². The molecule has 0 saturated carbocycles. The number of benzene rings is 1. The molecule has 2 rings (SSSR count). The summed E-state index contributed by atoms with van der Waals surface area (Å²) in [5.41, 5.74) is 0.937. The van der Waals surface area contributed by atoms with Crippen LogP contribution in [0.1, 0.15) is 19.5 Å². The number of hydrogen-bond acceptors (Lipinski definition) is 2. The zero-order chi connectivity index (χ0) is 14.8. The van der Waals surface area contributed by atoms with Gasteiger partial charge in [0.05, 0.1) is 44.3 Å². The van der Waals surface area contributed by atoms with Crippen molar-refractivity contribution in [1.82, 2.24) is 9.78 Å². The molecule has 0 radical (unpaired) electrons. The van der Waals surface area contributed by atoms with E-state index in [1.807, 2.05) is 31.2 Å². The molecule has 0 aliphatic heterocycles. The van der Waals surface area contributed by atoms with Crippen LogP contribution >= 0.6 is 0 Å². The zero-order valence-corrected chi connectivity index (χ0v) is 12.9. The van der Waals surface area contributed by atoms with Crippen LogP contribution in [-0.2, 0) is 6.54 Å². The Kier molecular flexibility index (Phi) is 4.23. The van der Waals surface area contributed by atoms with E-state index in [9.17, 15) is 4.79 Å². The molecule has 0 aliphatic rings. The van der Waals surface area contributed by atoms with Crippen molar-refractivity contribution in [2.24, 2.45) is 0 Å². The first kappa shape index (κ1) is 14.7. The third kappa shape index (κ3) is 2.75. The van der Waals surface area contributed by atoms with Crippen LogP contribution in [0, 0.1) is 6.92 Å². The van der Waals surface area contributed by atoms with Crippen LogP contribution in [0.5, 0.6) is 0 Å². The third-order valence-corrected chi connectivity index (χ3v) is 4.43. The lowest BCUT2D eigenvalue weighted by Crippen LogP contribution is -2.46. The summed E-state index contributed by atoms with van der Waals surface area (Å²) in [5.74, 6) is 0. The first-order valence-electron chi connectivity index (χ1n) is 7.31. The number of rotatable bonds is 5. The minimum atomic E-state index is 0.0185. The molecule has 0 atom stereocenters. The van der Waals surface area contributed by atoms with Crippen molar-refractivity contribution >= 4 is 10.8 Å². The first-order valence-corrected chi connectivity index (χ1v) is 7.31. The molecular weight excluding hydrogens is 250 g/mol. The molecular formula is C16H24N3O+. The molecule has 0 amide bonds. The maximum Gasteiger partial charge on any atom is 0.274 e. The predicted molar refractivity (Wildman–Crippen MR) is 82.9 cm³/mol. The standard InChI is InChI=1S/C16H24N3O/c1-5-19(4,6-2)12-11-18-16(20)15-10-8-7-9-14(15)13(3)17-18/h7-10H,5-6,11-12H2,1-4H3/q+1. The molecule has 108 valence electrons. The number of quaternary nitrogens is 1. The SMILES string of the molecule is CC[N+](C)(CC)CCn1nc(C)c2ccccc2c1=O. The van der Waals surface area contributed by atoms with Crippen LogP contribution in [-0.4, -0.2) is 40.9 Å². The van der Waals surface area contributed by atoms with E-state index in [0.29, 0.717) is 6.54 Å². The van der Waals surface area contributed by atoms with Crippen LogP contribution in [0.25, 0.3) is 10.8 Å². The van der Waals surface area contributed by atoms with E-state index < -0.39 is 0 Å². The Bertz CT molecular complexity index is 656. The van der Waals surface area contributed by atoms with Gasteiger partial charge in [-0.15, -0.1) is 0 Å². The summed E-state index contributed by atoms with van der Waals surface area (Å²) in [6, 6.07) is 7.70. The van der Waals surface area contributed by atoms with Crippen molar-refractivity contribution in [3.63, 3.8) is 0 Å². The van der Waals surface area contributed by atoms with Gasteiger partial charge < -0.3 is 4.48 Å². The van der Waals surface area contributed by atoms with Crippen LogP contribution in [0.2, 0.25) is 0 Å². The van der Waals surface area contributed by atoms with Gasteiger partial charge in [0, 0.05) is 5.39 Å². The lowest BCUT2D eigenvalue weighted by molar-refractivity contribution is -0.906. The second-order valence-corrected chi connectivity index (χ2v) is 5.63. The van der Waals surface area contributed by atoms with E-state index in [4.69, 9.17) is 0 Å². The third-order valence-electron chi connectivity index (χ3n) is 4.43. The van der Waals surface area contributed by atoms with Crippen molar-refractivity contribution in [3.05, 3.63) is 40.3 Å². The van der Waals surface area contributed by atoms with Gasteiger partial charge in [-0.1, -0.05) is 18.2 Å². The molecule has 0 unspecified atom stereocenters. The molecule has 0 fully saturated rings. The summed E-state index contributed by atoms with van der Waals surface area (Å²) in [6.07, 6.45) is 0. The Morgan fingerprint density at radius 1 is 1.15 bits per heavy atom. The van der Waals surface area contributed by atoms with Gasteiger partial charge in [0.2, 0.25) is 0 Å². The van der Waals surface area contributed by atoms with Gasteiger partial charge in [-0.25, -0.2) is 4.68 Å². The summed E-state index contributed by atoms with van der Waals surface area (Å²) in [6.45, 7) is 10.1. The number of nitrogens with zero attached hydrogens (tertiary/aromatic N) is 3. The van der Waals surface area contributed by atoms with Crippen molar-refractivity contribution in [2.45, 2.75) is 27.3 Å². The average molecular weight is 274 g/mol. The molecule has 0 aliphatic carbocycles. The molecule has 4 heteroatoms. The normalized spacial score (nSPS) is 12.0. The van der Waals surface area contributed by atoms with Crippen molar-refractivity contribution in [2.75, 3.05) is 26.7 Å². The van der Waals surface area contributed by atoms with E-state index in [-0.39, 0.29) is 5.56 Å². The summed E-state index contributed by atoms with van der Waals surface area (Å²) in [5, 5.41) is 6.19. The van der Waals surface area contributed by atoms with Crippen LogP contribution < -0.4 is 5.56 Å². The van der Waals surface area contributed by atoms with E-state index in [1.54, 1.807) is 4.68 Å². The first-order chi connectivity index (χ1) is 9.50. The Balaban J connectivity index is 2.37. The van der Waals surface area contributed by atoms with E-state index >= 15 is 0 Å². The van der Waals surface area contributed by atoms with Crippen molar-refractivity contribution in [3.8, 4) is 0 Å². The van der Waals surface area contributed by atoms with Gasteiger partial charge in [-0.05, 0) is 26.8 Å². The highest BCUT2D eigenvalue weighted by Crippen LogP contribution is 2.12. The molecule has 0 spiro atoms. The highest BCUT2D eigenvalue weighted by molar-refractivity contribution is 5.83. The van der Waals surface area contributed by atoms with Crippen molar-refractivity contribution in [1.29, 1.82) is 0 Å². The van der Waals surface area contributed by atoms with Gasteiger partial charge in [-0.3, -0.25) is 4.79 Å². The maximum atomic E-state index is 12.5. The van der Waals surface area contributed by atoms with E-state index in [2.05, 4.69) is 26.0 Å². The Morgan fingerprint density at radius 3 is 2.35 bits per heavy atom. The summed E-state index contributed by atoms with van der Waals surface area (Å²) >= 11 is 0. The molecule has 2 aromatic rings. The second kappa shape index (κ2) is 5.75. The number of aromatic nitrogens is 2. The Labute approximate surface area is 120 Å². The van der Waals surface area contributed by atoms with Gasteiger partial charge in [0.15, 0.2) is 0 Å². The minimum absolute atomic E-state index is 0.0185. The fourth-order valence-corrected chi connectivity index (χ4v) is 2.43. The summed E-state index contributed by atoms with van der Waals surface area (Å²) in [7, 11) is 2.22. The van der Waals surface area contributed by atoms with E-state index in [0.717, 1.165) is 40.6 Å². The zero-order valence-electron chi connectivity index (χ0n) is 12.9. The molecule has 1 aromatic heterocycles. The second-order valence-electron chi connectivity index (χ2n) is 5.63. The van der Waals surface area contributed by atoms with Crippen LogP contribution in [0.15, 0.2) is 29.1 Å². The lowest BCUT2D eigenvalue weighted by atomic mass is 10.1. The van der Waals surface area contributed by atoms with E-state index in [1.165, 1.54) is 0 Å². The molecule has 0 N–H and O–H groups in total. The number of fused-ring (bicyclic) bond motifs is 1.